The lowest BCUT2D eigenvalue weighted by Crippen LogP contribution is -2.27. The molecule has 2 amide bonds. The summed E-state index contributed by atoms with van der Waals surface area (Å²) >= 11 is 0. The van der Waals surface area contributed by atoms with E-state index in [1.807, 2.05) is 6.92 Å². The molecule has 0 fully saturated rings. The van der Waals surface area contributed by atoms with Gasteiger partial charge < -0.3 is 10.6 Å². The molecule has 0 spiro atoms. The third-order valence-electron chi connectivity index (χ3n) is 3.12. The van der Waals surface area contributed by atoms with Gasteiger partial charge in [0, 0.05) is 13.1 Å². The van der Waals surface area contributed by atoms with E-state index >= 15 is 0 Å². The van der Waals surface area contributed by atoms with E-state index in [1.165, 1.54) is 18.2 Å². The Morgan fingerprint density at radius 1 is 1.00 bits per heavy atom. The topological polar surface area (TPSA) is 71.1 Å². The van der Waals surface area contributed by atoms with E-state index in [1.54, 1.807) is 24.3 Å². The highest BCUT2D eigenvalue weighted by Crippen LogP contribution is 2.04. The van der Waals surface area contributed by atoms with Gasteiger partial charge in [0.25, 0.3) is 11.8 Å². The summed E-state index contributed by atoms with van der Waals surface area (Å²) in [6.45, 7) is 2.77. The fourth-order valence-corrected chi connectivity index (χ4v) is 1.89. The highest BCUT2D eigenvalue weighted by Gasteiger charge is 2.11. The molecular weight excluding hydrogens is 297 g/mol. The molecule has 6 heteroatoms. The molecular formula is C17H18FN3O2. The van der Waals surface area contributed by atoms with Gasteiger partial charge in [-0.05, 0) is 36.2 Å². The van der Waals surface area contributed by atoms with Gasteiger partial charge in [-0.1, -0.05) is 25.1 Å². The highest BCUT2D eigenvalue weighted by atomic mass is 19.1. The first-order chi connectivity index (χ1) is 11.1. The van der Waals surface area contributed by atoms with Crippen molar-refractivity contribution in [2.75, 3.05) is 6.54 Å². The van der Waals surface area contributed by atoms with Crippen molar-refractivity contribution in [1.29, 1.82) is 0 Å². The van der Waals surface area contributed by atoms with Gasteiger partial charge in [0.2, 0.25) is 0 Å². The molecule has 2 rings (SSSR count). The van der Waals surface area contributed by atoms with Gasteiger partial charge in [-0.15, -0.1) is 0 Å². The first-order valence-electron chi connectivity index (χ1n) is 7.38. The summed E-state index contributed by atoms with van der Waals surface area (Å²) in [6, 6.07) is 10.6. The monoisotopic (exact) mass is 315 g/mol. The third kappa shape index (κ3) is 4.88. The average molecular weight is 315 g/mol. The summed E-state index contributed by atoms with van der Waals surface area (Å²) in [4.78, 5) is 28.0. The summed E-state index contributed by atoms with van der Waals surface area (Å²) in [5.41, 5.74) is 1.14. The zero-order valence-corrected chi connectivity index (χ0v) is 12.8. The first-order valence-corrected chi connectivity index (χ1v) is 7.38. The SMILES string of the molecule is CCCNC(=O)c1cccc(C(=O)NCc2ccc(F)cc2)n1. The number of benzene rings is 1. The van der Waals surface area contributed by atoms with E-state index in [0.717, 1.165) is 12.0 Å². The van der Waals surface area contributed by atoms with Crippen LogP contribution >= 0.6 is 0 Å². The van der Waals surface area contributed by atoms with Crippen molar-refractivity contribution in [3.63, 3.8) is 0 Å². The van der Waals surface area contributed by atoms with E-state index < -0.39 is 0 Å². The highest BCUT2D eigenvalue weighted by molar-refractivity contribution is 5.96. The molecule has 2 N–H and O–H groups in total. The molecule has 0 saturated carbocycles. The molecule has 0 aliphatic heterocycles. The standard InChI is InChI=1S/C17H18FN3O2/c1-2-10-19-16(22)14-4-3-5-15(21-14)17(23)20-11-12-6-8-13(18)9-7-12/h3-9H,2,10-11H2,1H3,(H,19,22)(H,20,23). The van der Waals surface area contributed by atoms with Crippen molar-refractivity contribution in [2.45, 2.75) is 19.9 Å². The smallest absolute Gasteiger partial charge is 0.270 e. The molecule has 0 unspecified atom stereocenters. The van der Waals surface area contributed by atoms with Crippen LogP contribution in [0.2, 0.25) is 0 Å². The van der Waals surface area contributed by atoms with Gasteiger partial charge in [-0.3, -0.25) is 9.59 Å². The number of pyridine rings is 1. The fraction of sp³-hybridized carbons (Fsp3) is 0.235. The number of halogens is 1. The second-order valence-electron chi connectivity index (χ2n) is 4.97. The van der Waals surface area contributed by atoms with Crippen molar-refractivity contribution < 1.29 is 14.0 Å². The maximum atomic E-state index is 12.8. The molecule has 0 atom stereocenters. The molecule has 1 aromatic carbocycles. The molecule has 1 aromatic heterocycles. The van der Waals surface area contributed by atoms with E-state index in [0.29, 0.717) is 6.54 Å². The van der Waals surface area contributed by atoms with Gasteiger partial charge in [0.15, 0.2) is 0 Å². The fourth-order valence-electron chi connectivity index (χ4n) is 1.89. The van der Waals surface area contributed by atoms with Crippen molar-refractivity contribution in [1.82, 2.24) is 15.6 Å². The number of aromatic nitrogens is 1. The molecule has 0 saturated heterocycles. The Balaban J connectivity index is 1.99. The molecule has 0 aliphatic carbocycles. The van der Waals surface area contributed by atoms with Crippen molar-refractivity contribution in [3.8, 4) is 0 Å². The largest absolute Gasteiger partial charge is 0.351 e. The number of amides is 2. The first kappa shape index (κ1) is 16.6. The molecule has 1 heterocycles. The Labute approximate surface area is 133 Å². The number of carbonyl (C=O) groups is 2. The van der Waals surface area contributed by atoms with Crippen LogP contribution in [0.4, 0.5) is 4.39 Å². The lowest BCUT2D eigenvalue weighted by Gasteiger charge is -2.07. The molecule has 5 nitrogen and oxygen atoms in total. The number of nitrogens with zero attached hydrogens (tertiary/aromatic N) is 1. The van der Waals surface area contributed by atoms with Crippen LogP contribution in [0.1, 0.15) is 39.9 Å². The Kier molecular flexibility index (Phi) is 5.80. The van der Waals surface area contributed by atoms with E-state index in [-0.39, 0.29) is 35.6 Å². The van der Waals surface area contributed by atoms with Crippen LogP contribution in [0.3, 0.4) is 0 Å². The second kappa shape index (κ2) is 8.03. The van der Waals surface area contributed by atoms with Crippen LogP contribution in [-0.2, 0) is 6.54 Å². The maximum absolute atomic E-state index is 12.8. The van der Waals surface area contributed by atoms with Gasteiger partial charge in [-0.2, -0.15) is 0 Å². The number of hydrogen-bond acceptors (Lipinski definition) is 3. The minimum atomic E-state index is -0.389. The quantitative estimate of drug-likeness (QED) is 0.859. The molecule has 2 aromatic rings. The van der Waals surface area contributed by atoms with Gasteiger partial charge >= 0.3 is 0 Å². The summed E-state index contributed by atoms with van der Waals surface area (Å²) in [5.74, 6) is -1.02. The Morgan fingerprint density at radius 3 is 2.22 bits per heavy atom. The van der Waals surface area contributed by atoms with Gasteiger partial charge in [0.05, 0.1) is 0 Å². The number of hydrogen-bond donors (Lipinski definition) is 2. The molecule has 23 heavy (non-hydrogen) atoms. The lowest BCUT2D eigenvalue weighted by atomic mass is 10.2. The summed E-state index contributed by atoms with van der Waals surface area (Å²) in [6.07, 6.45) is 0.823. The minimum absolute atomic E-state index is 0.163. The summed E-state index contributed by atoms with van der Waals surface area (Å²) in [5, 5.41) is 5.40. The third-order valence-corrected chi connectivity index (χ3v) is 3.12. The van der Waals surface area contributed by atoms with Crippen molar-refractivity contribution in [3.05, 3.63) is 65.2 Å². The predicted molar refractivity (Wildman–Crippen MR) is 84.4 cm³/mol. The van der Waals surface area contributed by atoms with Gasteiger partial charge in [-0.25, -0.2) is 9.37 Å². The Bertz CT molecular complexity index is 686. The Hall–Kier alpha value is -2.76. The zero-order chi connectivity index (χ0) is 16.7. The van der Waals surface area contributed by atoms with Gasteiger partial charge in [0.1, 0.15) is 17.2 Å². The number of rotatable bonds is 6. The normalized spacial score (nSPS) is 10.2. The number of nitrogens with one attached hydrogen (secondary N) is 2. The summed E-state index contributed by atoms with van der Waals surface area (Å²) in [7, 11) is 0. The van der Waals surface area contributed by atoms with Crippen LogP contribution in [0, 0.1) is 5.82 Å². The van der Waals surface area contributed by atoms with Crippen LogP contribution in [0.25, 0.3) is 0 Å². The Morgan fingerprint density at radius 2 is 1.61 bits per heavy atom. The summed E-state index contributed by atoms with van der Waals surface area (Å²) < 4.78 is 12.8. The minimum Gasteiger partial charge on any atom is -0.351 e. The van der Waals surface area contributed by atoms with E-state index in [4.69, 9.17) is 0 Å². The average Bonchev–Trinajstić information content (AvgIpc) is 2.59. The zero-order valence-electron chi connectivity index (χ0n) is 12.8. The second-order valence-corrected chi connectivity index (χ2v) is 4.97. The molecule has 0 bridgehead atoms. The van der Waals surface area contributed by atoms with E-state index in [9.17, 15) is 14.0 Å². The van der Waals surface area contributed by atoms with Crippen LogP contribution in [0.5, 0.6) is 0 Å². The predicted octanol–water partition coefficient (Wildman–Crippen LogP) is 2.29. The van der Waals surface area contributed by atoms with E-state index in [2.05, 4.69) is 15.6 Å². The molecule has 0 aliphatic rings. The van der Waals surface area contributed by atoms with Crippen LogP contribution in [0.15, 0.2) is 42.5 Å². The lowest BCUT2D eigenvalue weighted by molar-refractivity contribution is 0.0942. The number of carbonyl (C=O) groups excluding carboxylic acids is 2. The van der Waals surface area contributed by atoms with Crippen LogP contribution < -0.4 is 10.6 Å². The molecule has 0 radical (unpaired) electrons. The van der Waals surface area contributed by atoms with Crippen molar-refractivity contribution in [2.24, 2.45) is 0 Å². The molecule has 120 valence electrons. The van der Waals surface area contributed by atoms with Crippen molar-refractivity contribution >= 4 is 11.8 Å². The van der Waals surface area contributed by atoms with Crippen LogP contribution in [-0.4, -0.2) is 23.3 Å². The maximum Gasteiger partial charge on any atom is 0.270 e.